The normalized spacial score (nSPS) is 10.3. The average Bonchev–Trinajstić information content (AvgIpc) is 2.47. The molecule has 0 spiro atoms. The first kappa shape index (κ1) is 14.8. The summed E-state index contributed by atoms with van der Waals surface area (Å²) in [5.74, 6) is 0.432. The Hall–Kier alpha value is -2.59. The molecule has 0 bridgehead atoms. The van der Waals surface area contributed by atoms with E-state index >= 15 is 0 Å². The minimum absolute atomic E-state index is 0.0537. The van der Waals surface area contributed by atoms with Gasteiger partial charge in [-0.2, -0.15) is 5.26 Å². The van der Waals surface area contributed by atoms with Gasteiger partial charge in [0, 0.05) is 24.2 Å². The Kier molecular flexibility index (Phi) is 4.40. The Morgan fingerprint density at radius 2 is 2.24 bits per heavy atom. The number of nitrogens with zero attached hydrogens (tertiary/aromatic N) is 2. The second kappa shape index (κ2) is 6.24. The molecule has 1 N–H and O–H groups in total. The van der Waals surface area contributed by atoms with Gasteiger partial charge in [-0.15, -0.1) is 11.6 Å². The summed E-state index contributed by atoms with van der Waals surface area (Å²) in [5, 5.41) is 20.0. The van der Waals surface area contributed by atoms with Crippen LogP contribution < -0.4 is 10.2 Å². The van der Waals surface area contributed by atoms with E-state index in [1.54, 1.807) is 6.07 Å². The predicted octanol–water partition coefficient (Wildman–Crippen LogP) is 2.32. The lowest BCUT2D eigenvalue weighted by Gasteiger charge is -2.07. The Balaban J connectivity index is 2.60. The van der Waals surface area contributed by atoms with Crippen LogP contribution in [-0.2, 0) is 0 Å². The number of aromatic amines is 1. The van der Waals surface area contributed by atoms with Gasteiger partial charge >= 0.3 is 5.69 Å². The van der Waals surface area contributed by atoms with Gasteiger partial charge in [0.15, 0.2) is 5.75 Å². The van der Waals surface area contributed by atoms with Gasteiger partial charge in [0.1, 0.15) is 11.6 Å². The number of ether oxygens (including phenoxy) is 1. The molecule has 0 amide bonds. The van der Waals surface area contributed by atoms with E-state index in [2.05, 4.69) is 4.98 Å². The zero-order valence-corrected chi connectivity index (χ0v) is 11.5. The summed E-state index contributed by atoms with van der Waals surface area (Å²) in [6.07, 6.45) is 1.81. The quantitative estimate of drug-likeness (QED) is 0.394. The third kappa shape index (κ3) is 2.95. The molecule has 2 aromatic rings. The Morgan fingerprint density at radius 3 is 2.86 bits per heavy atom. The van der Waals surface area contributed by atoms with Crippen molar-refractivity contribution in [3.63, 3.8) is 0 Å². The second-order valence-electron chi connectivity index (χ2n) is 4.16. The summed E-state index contributed by atoms with van der Waals surface area (Å²) in [7, 11) is 0. The molecule has 7 nitrogen and oxygen atoms in total. The smallest absolute Gasteiger partial charge is 0.311 e. The maximum Gasteiger partial charge on any atom is 0.311 e. The average molecular weight is 308 g/mol. The number of nitro groups is 1. The zero-order chi connectivity index (χ0) is 15.4. The number of rotatable bonds is 5. The predicted molar refractivity (Wildman–Crippen MR) is 76.8 cm³/mol. The van der Waals surface area contributed by atoms with E-state index in [1.807, 2.05) is 0 Å². The lowest BCUT2D eigenvalue weighted by molar-refractivity contribution is -0.385. The molecule has 0 radical (unpaired) electrons. The summed E-state index contributed by atoms with van der Waals surface area (Å²) in [4.78, 5) is 25.2. The highest BCUT2D eigenvalue weighted by Crippen LogP contribution is 2.30. The minimum atomic E-state index is -0.631. The van der Waals surface area contributed by atoms with Crippen molar-refractivity contribution in [2.45, 2.75) is 6.42 Å². The van der Waals surface area contributed by atoms with Crippen molar-refractivity contribution >= 4 is 28.2 Å². The Morgan fingerprint density at radius 1 is 1.48 bits per heavy atom. The fourth-order valence-corrected chi connectivity index (χ4v) is 1.92. The number of hydrogen-bond donors (Lipinski definition) is 1. The number of nitro benzene ring substituents is 1. The highest BCUT2D eigenvalue weighted by Gasteiger charge is 2.19. The molecule has 0 unspecified atom stereocenters. The topological polar surface area (TPSA) is 109 Å². The van der Waals surface area contributed by atoms with E-state index in [4.69, 9.17) is 21.6 Å². The number of benzene rings is 1. The number of alkyl halides is 1. The number of hydrogen-bond acceptors (Lipinski definition) is 5. The molecule has 0 aliphatic heterocycles. The van der Waals surface area contributed by atoms with Gasteiger partial charge in [-0.05, 0) is 6.42 Å². The molecule has 108 valence electrons. The van der Waals surface area contributed by atoms with Crippen LogP contribution in [0.1, 0.15) is 12.0 Å². The number of halogens is 1. The molecular formula is C13H10ClN3O4. The molecule has 1 heterocycles. The van der Waals surface area contributed by atoms with Crippen molar-refractivity contribution < 1.29 is 9.66 Å². The first-order valence-corrected chi connectivity index (χ1v) is 6.54. The SMILES string of the molecule is N#Cc1c[nH]c2cc(OCCCCl)c([N+](=O)[O-])cc2c1=O. The fraction of sp³-hybridized carbons (Fsp3) is 0.231. The van der Waals surface area contributed by atoms with Crippen molar-refractivity contribution in [3.8, 4) is 11.8 Å². The first-order chi connectivity index (χ1) is 10.1. The molecule has 0 saturated carbocycles. The van der Waals surface area contributed by atoms with E-state index in [0.717, 1.165) is 6.07 Å². The summed E-state index contributed by atoms with van der Waals surface area (Å²) < 4.78 is 5.33. The van der Waals surface area contributed by atoms with Crippen molar-refractivity contribution in [2.24, 2.45) is 0 Å². The molecule has 1 aromatic heterocycles. The molecule has 21 heavy (non-hydrogen) atoms. The fourth-order valence-electron chi connectivity index (χ4n) is 1.81. The van der Waals surface area contributed by atoms with Crippen molar-refractivity contribution in [1.29, 1.82) is 5.26 Å². The Bertz CT molecular complexity index is 794. The van der Waals surface area contributed by atoms with Crippen LogP contribution in [-0.4, -0.2) is 22.4 Å². The zero-order valence-electron chi connectivity index (χ0n) is 10.8. The molecule has 0 saturated heterocycles. The first-order valence-electron chi connectivity index (χ1n) is 6.01. The van der Waals surface area contributed by atoms with E-state index < -0.39 is 10.4 Å². The Labute approximate surface area is 123 Å². The number of nitrogens with one attached hydrogen (secondary N) is 1. The maximum atomic E-state index is 12.0. The minimum Gasteiger partial charge on any atom is -0.487 e. The van der Waals surface area contributed by atoms with Crippen molar-refractivity contribution in [3.05, 3.63) is 44.2 Å². The maximum absolute atomic E-state index is 12.0. The van der Waals surface area contributed by atoms with Crippen LogP contribution in [0, 0.1) is 21.4 Å². The summed E-state index contributed by atoms with van der Waals surface area (Å²) in [6, 6.07) is 4.23. The van der Waals surface area contributed by atoms with Crippen molar-refractivity contribution in [1.82, 2.24) is 4.98 Å². The highest BCUT2D eigenvalue weighted by atomic mass is 35.5. The molecule has 8 heteroatoms. The lowest BCUT2D eigenvalue weighted by atomic mass is 10.1. The monoisotopic (exact) mass is 307 g/mol. The van der Waals surface area contributed by atoms with Crippen molar-refractivity contribution in [2.75, 3.05) is 12.5 Å². The summed E-state index contributed by atoms with van der Waals surface area (Å²) in [6.45, 7) is 0.232. The summed E-state index contributed by atoms with van der Waals surface area (Å²) >= 11 is 5.53. The van der Waals surface area contributed by atoms with Gasteiger partial charge < -0.3 is 9.72 Å². The lowest BCUT2D eigenvalue weighted by Crippen LogP contribution is -2.09. The molecular weight excluding hydrogens is 298 g/mol. The third-order valence-corrected chi connectivity index (χ3v) is 3.08. The van der Waals surface area contributed by atoms with Crippen LogP contribution in [0.15, 0.2) is 23.1 Å². The number of H-pyrrole nitrogens is 1. The van der Waals surface area contributed by atoms with Crippen LogP contribution in [0.5, 0.6) is 5.75 Å². The van der Waals surface area contributed by atoms with Crippen LogP contribution >= 0.6 is 11.6 Å². The van der Waals surface area contributed by atoms with Crippen LogP contribution in [0.2, 0.25) is 0 Å². The van der Waals surface area contributed by atoms with Crippen LogP contribution in [0.3, 0.4) is 0 Å². The largest absolute Gasteiger partial charge is 0.487 e. The molecule has 0 aliphatic rings. The van der Waals surface area contributed by atoms with Gasteiger partial charge in [0.2, 0.25) is 5.43 Å². The van der Waals surface area contributed by atoms with E-state index in [1.165, 1.54) is 12.3 Å². The van der Waals surface area contributed by atoms with Gasteiger partial charge in [0.25, 0.3) is 0 Å². The number of fused-ring (bicyclic) bond motifs is 1. The second-order valence-corrected chi connectivity index (χ2v) is 4.53. The molecule has 0 atom stereocenters. The molecule has 0 fully saturated rings. The van der Waals surface area contributed by atoms with Crippen LogP contribution in [0.4, 0.5) is 5.69 Å². The standard InChI is InChI=1S/C13H10ClN3O4/c14-2-1-3-21-12-5-10-9(4-11(12)17(19)20)13(18)8(6-15)7-16-10/h4-5,7H,1-3H2,(H,16,18). The van der Waals surface area contributed by atoms with E-state index in [0.29, 0.717) is 17.8 Å². The van der Waals surface area contributed by atoms with Gasteiger partial charge in [-0.3, -0.25) is 14.9 Å². The van der Waals surface area contributed by atoms with E-state index in [-0.39, 0.29) is 29.0 Å². The highest BCUT2D eigenvalue weighted by molar-refractivity contribution is 6.17. The number of nitriles is 1. The van der Waals surface area contributed by atoms with Gasteiger partial charge in [-0.1, -0.05) is 0 Å². The number of aromatic nitrogens is 1. The van der Waals surface area contributed by atoms with Crippen LogP contribution in [0.25, 0.3) is 10.9 Å². The molecule has 2 rings (SSSR count). The molecule has 0 aliphatic carbocycles. The summed E-state index contributed by atoms with van der Waals surface area (Å²) in [5.41, 5.74) is -0.614. The van der Waals surface area contributed by atoms with Gasteiger partial charge in [0.05, 0.1) is 22.4 Å². The van der Waals surface area contributed by atoms with E-state index in [9.17, 15) is 14.9 Å². The number of pyridine rings is 1. The molecule has 1 aromatic carbocycles. The van der Waals surface area contributed by atoms with Gasteiger partial charge in [-0.25, -0.2) is 0 Å². The third-order valence-electron chi connectivity index (χ3n) is 2.81.